The summed E-state index contributed by atoms with van der Waals surface area (Å²) in [5.41, 5.74) is 1.32. The number of hydrogen-bond donors (Lipinski definition) is 1. The molecule has 2 amide bonds. The maximum Gasteiger partial charge on any atom is 0.289 e. The van der Waals surface area contributed by atoms with E-state index in [9.17, 15) is 14.0 Å². The minimum Gasteiger partial charge on any atom is -0.489 e. The van der Waals surface area contributed by atoms with Crippen molar-refractivity contribution in [3.63, 3.8) is 0 Å². The van der Waals surface area contributed by atoms with Gasteiger partial charge in [0.2, 0.25) is 5.82 Å². The first-order valence-corrected chi connectivity index (χ1v) is 9.88. The molecule has 4 rings (SSSR count). The third-order valence-corrected chi connectivity index (χ3v) is 5.20. The lowest BCUT2D eigenvalue weighted by atomic mass is 10.1. The van der Waals surface area contributed by atoms with Gasteiger partial charge in [-0.1, -0.05) is 23.2 Å². The van der Waals surface area contributed by atoms with E-state index in [1.54, 1.807) is 25.2 Å². The zero-order valence-corrected chi connectivity index (χ0v) is 17.6. The van der Waals surface area contributed by atoms with Crippen LogP contribution in [0, 0.1) is 5.82 Å². The van der Waals surface area contributed by atoms with E-state index in [0.717, 1.165) is 0 Å². The second kappa shape index (κ2) is 8.49. The minimum absolute atomic E-state index is 0.0966. The number of aromatic nitrogens is 2. The number of fused-ring (bicyclic) bond motifs is 1. The molecule has 2 heterocycles. The molecule has 0 spiro atoms. The highest BCUT2D eigenvalue weighted by Crippen LogP contribution is 2.33. The standard InChI is InChI=1S/C21H15Cl2FN4O3/c1-28-16-7-4-12(22)8-17(16)31-10-15(21(28)30)26-20(29)19-25-9-14(23)18(27-19)11-2-5-13(24)6-3-11/h2-9,15H,10H2,1H3,(H,26,29)/t15-/m0/s1. The molecule has 1 aromatic heterocycles. The molecule has 0 bridgehead atoms. The molecule has 7 nitrogen and oxygen atoms in total. The number of nitrogens with zero attached hydrogens (tertiary/aromatic N) is 3. The van der Waals surface area contributed by atoms with Gasteiger partial charge in [-0.2, -0.15) is 0 Å². The summed E-state index contributed by atoms with van der Waals surface area (Å²) < 4.78 is 18.9. The molecule has 0 saturated carbocycles. The van der Waals surface area contributed by atoms with Gasteiger partial charge in [0.25, 0.3) is 11.8 Å². The highest BCUT2D eigenvalue weighted by atomic mass is 35.5. The second-order valence-corrected chi connectivity index (χ2v) is 7.59. The van der Waals surface area contributed by atoms with Crippen LogP contribution in [0.25, 0.3) is 11.3 Å². The first-order valence-electron chi connectivity index (χ1n) is 9.13. The third kappa shape index (κ3) is 4.30. The quantitative estimate of drug-likeness (QED) is 0.643. The third-order valence-electron chi connectivity index (χ3n) is 4.69. The molecule has 3 aromatic rings. The summed E-state index contributed by atoms with van der Waals surface area (Å²) in [4.78, 5) is 35.1. The Labute approximate surface area is 186 Å². The van der Waals surface area contributed by atoms with Crippen molar-refractivity contribution >= 4 is 40.7 Å². The fourth-order valence-corrected chi connectivity index (χ4v) is 3.45. The molecule has 31 heavy (non-hydrogen) atoms. The van der Waals surface area contributed by atoms with Crippen LogP contribution in [0.15, 0.2) is 48.7 Å². The summed E-state index contributed by atoms with van der Waals surface area (Å²) in [6, 6.07) is 9.43. The van der Waals surface area contributed by atoms with Crippen molar-refractivity contribution in [2.45, 2.75) is 6.04 Å². The number of rotatable bonds is 3. The van der Waals surface area contributed by atoms with Crippen LogP contribution in [0.1, 0.15) is 10.6 Å². The number of nitrogens with one attached hydrogen (secondary N) is 1. The Bertz CT molecular complexity index is 1170. The van der Waals surface area contributed by atoms with E-state index in [0.29, 0.717) is 22.0 Å². The lowest BCUT2D eigenvalue weighted by Gasteiger charge is -2.20. The van der Waals surface area contributed by atoms with E-state index in [1.807, 2.05) is 0 Å². The second-order valence-electron chi connectivity index (χ2n) is 6.74. The van der Waals surface area contributed by atoms with Gasteiger partial charge in [-0.3, -0.25) is 9.59 Å². The molecule has 1 aliphatic heterocycles. The topological polar surface area (TPSA) is 84.4 Å². The molecule has 1 atom stereocenters. The average Bonchev–Trinajstić information content (AvgIpc) is 2.86. The van der Waals surface area contributed by atoms with Crippen LogP contribution < -0.4 is 15.0 Å². The van der Waals surface area contributed by atoms with Gasteiger partial charge in [0, 0.05) is 23.7 Å². The predicted octanol–water partition coefficient (Wildman–Crippen LogP) is 3.74. The van der Waals surface area contributed by atoms with E-state index in [2.05, 4.69) is 15.3 Å². The van der Waals surface area contributed by atoms with E-state index in [-0.39, 0.29) is 29.1 Å². The first-order chi connectivity index (χ1) is 14.8. The van der Waals surface area contributed by atoms with Gasteiger partial charge in [-0.25, -0.2) is 14.4 Å². The Morgan fingerprint density at radius 3 is 2.71 bits per heavy atom. The largest absolute Gasteiger partial charge is 0.489 e. The van der Waals surface area contributed by atoms with Crippen LogP contribution in [-0.2, 0) is 4.79 Å². The van der Waals surface area contributed by atoms with Gasteiger partial charge in [-0.15, -0.1) is 0 Å². The van der Waals surface area contributed by atoms with Gasteiger partial charge in [0.15, 0.2) is 0 Å². The van der Waals surface area contributed by atoms with Crippen molar-refractivity contribution in [1.29, 1.82) is 0 Å². The molecule has 10 heteroatoms. The van der Waals surface area contributed by atoms with Crippen molar-refractivity contribution < 1.29 is 18.7 Å². The summed E-state index contributed by atoms with van der Waals surface area (Å²) in [6.07, 6.45) is 1.28. The Morgan fingerprint density at radius 2 is 1.97 bits per heavy atom. The molecule has 0 saturated heterocycles. The summed E-state index contributed by atoms with van der Waals surface area (Å²) >= 11 is 12.2. The number of amides is 2. The number of carbonyl (C=O) groups excluding carboxylic acids is 2. The molecule has 0 unspecified atom stereocenters. The van der Waals surface area contributed by atoms with Crippen LogP contribution in [0.3, 0.4) is 0 Å². The van der Waals surface area contributed by atoms with Crippen LogP contribution in [0.2, 0.25) is 10.0 Å². The fourth-order valence-electron chi connectivity index (χ4n) is 3.09. The zero-order valence-electron chi connectivity index (χ0n) is 16.1. The molecular formula is C21H15Cl2FN4O3. The van der Waals surface area contributed by atoms with E-state index in [4.69, 9.17) is 27.9 Å². The summed E-state index contributed by atoms with van der Waals surface area (Å²) in [5, 5.41) is 3.26. The Hall–Kier alpha value is -3.23. The monoisotopic (exact) mass is 460 g/mol. The number of ether oxygens (including phenoxy) is 1. The number of benzene rings is 2. The molecule has 2 aromatic carbocycles. The molecular weight excluding hydrogens is 446 g/mol. The number of hydrogen-bond acceptors (Lipinski definition) is 5. The van der Waals surface area contributed by atoms with Crippen molar-refractivity contribution in [3.8, 4) is 17.0 Å². The van der Waals surface area contributed by atoms with Gasteiger partial charge in [0.05, 0.1) is 22.6 Å². The maximum absolute atomic E-state index is 13.2. The molecule has 1 N–H and O–H groups in total. The van der Waals surface area contributed by atoms with E-state index < -0.39 is 17.8 Å². The molecule has 0 radical (unpaired) electrons. The Balaban J connectivity index is 1.56. The molecule has 1 aliphatic rings. The number of likely N-dealkylation sites (N-methyl/N-ethyl adjacent to an activating group) is 1. The van der Waals surface area contributed by atoms with Crippen molar-refractivity contribution in [3.05, 3.63) is 70.3 Å². The Morgan fingerprint density at radius 1 is 1.23 bits per heavy atom. The van der Waals surface area contributed by atoms with Crippen molar-refractivity contribution in [2.24, 2.45) is 0 Å². The summed E-state index contributed by atoms with van der Waals surface area (Å²) in [6.45, 7) is -0.0966. The van der Waals surface area contributed by atoms with Crippen molar-refractivity contribution in [2.75, 3.05) is 18.6 Å². The van der Waals surface area contributed by atoms with Crippen LogP contribution in [0.5, 0.6) is 5.75 Å². The number of anilines is 1. The minimum atomic E-state index is -0.975. The Kier molecular flexibility index (Phi) is 5.75. The normalized spacial score (nSPS) is 15.7. The maximum atomic E-state index is 13.2. The van der Waals surface area contributed by atoms with Crippen LogP contribution in [0.4, 0.5) is 10.1 Å². The lowest BCUT2D eigenvalue weighted by Crippen LogP contribution is -2.49. The van der Waals surface area contributed by atoms with Crippen LogP contribution in [-0.4, -0.2) is 41.5 Å². The molecule has 0 fully saturated rings. The fraction of sp³-hybridized carbons (Fsp3) is 0.143. The highest BCUT2D eigenvalue weighted by molar-refractivity contribution is 6.33. The lowest BCUT2D eigenvalue weighted by molar-refractivity contribution is -0.120. The van der Waals surface area contributed by atoms with Crippen LogP contribution >= 0.6 is 23.2 Å². The van der Waals surface area contributed by atoms with Gasteiger partial charge < -0.3 is 15.0 Å². The summed E-state index contributed by atoms with van der Waals surface area (Å²) in [7, 11) is 1.58. The zero-order chi connectivity index (χ0) is 22.1. The molecule has 158 valence electrons. The van der Waals surface area contributed by atoms with Gasteiger partial charge in [0.1, 0.15) is 24.2 Å². The van der Waals surface area contributed by atoms with Crippen molar-refractivity contribution in [1.82, 2.24) is 15.3 Å². The smallest absolute Gasteiger partial charge is 0.289 e. The number of carbonyl (C=O) groups is 2. The predicted molar refractivity (Wildman–Crippen MR) is 114 cm³/mol. The summed E-state index contributed by atoms with van der Waals surface area (Å²) in [5.74, 6) is -1.22. The van der Waals surface area contributed by atoms with Gasteiger partial charge in [-0.05, 0) is 36.4 Å². The van der Waals surface area contributed by atoms with Gasteiger partial charge >= 0.3 is 0 Å². The van der Waals surface area contributed by atoms with E-state index >= 15 is 0 Å². The molecule has 0 aliphatic carbocycles. The SMILES string of the molecule is CN1C(=O)[C@@H](NC(=O)c2ncc(Cl)c(-c3ccc(F)cc3)n2)COc2cc(Cl)ccc21. The highest BCUT2D eigenvalue weighted by Gasteiger charge is 2.31. The van der Waals surface area contributed by atoms with E-state index in [1.165, 1.54) is 35.4 Å². The number of halogens is 3. The first kappa shape index (κ1) is 21.0. The average molecular weight is 461 g/mol.